The van der Waals surface area contributed by atoms with Crippen molar-refractivity contribution >= 4 is 32.8 Å². The first-order chi connectivity index (χ1) is 12.0. The van der Waals surface area contributed by atoms with E-state index in [1.807, 2.05) is 4.57 Å². The Morgan fingerprint density at radius 2 is 2.24 bits per heavy atom. The SMILES string of the molecule is CCOC(=O)c1cn(C[C@@H]2CCN(CC)C2)c2cnc(Br)cc2c1=O. The molecule has 3 heterocycles. The second-order valence-electron chi connectivity index (χ2n) is 6.32. The first kappa shape index (κ1) is 18.1. The van der Waals surface area contributed by atoms with Gasteiger partial charge in [0, 0.05) is 19.3 Å². The van der Waals surface area contributed by atoms with Gasteiger partial charge in [-0.05, 0) is 54.3 Å². The number of carbonyl (C=O) groups is 1. The number of carbonyl (C=O) groups excluding carboxylic acids is 1. The van der Waals surface area contributed by atoms with E-state index >= 15 is 0 Å². The van der Waals surface area contributed by atoms with Gasteiger partial charge in [0.15, 0.2) is 0 Å². The maximum Gasteiger partial charge on any atom is 0.343 e. The standard InChI is InChI=1S/C18H22BrN3O3/c1-3-21-6-5-12(9-21)10-22-11-14(18(24)25-4-2)17(23)13-7-16(19)20-8-15(13)22/h7-8,11-12H,3-6,9-10H2,1-2H3/t12-/m1/s1. The van der Waals surface area contributed by atoms with E-state index in [0.717, 1.165) is 38.1 Å². The van der Waals surface area contributed by atoms with Gasteiger partial charge in [0.05, 0.1) is 23.7 Å². The first-order valence-corrected chi connectivity index (χ1v) is 9.41. The first-order valence-electron chi connectivity index (χ1n) is 8.61. The molecule has 0 radical (unpaired) electrons. The van der Waals surface area contributed by atoms with Crippen molar-refractivity contribution in [3.8, 4) is 0 Å². The Bertz CT molecular complexity index is 849. The lowest BCUT2D eigenvalue weighted by Gasteiger charge is -2.17. The number of rotatable bonds is 5. The molecule has 0 spiro atoms. The molecular formula is C18H22BrN3O3. The van der Waals surface area contributed by atoms with Gasteiger partial charge in [0.2, 0.25) is 5.43 Å². The Labute approximate surface area is 154 Å². The van der Waals surface area contributed by atoms with Gasteiger partial charge in [0.1, 0.15) is 10.2 Å². The minimum atomic E-state index is -0.572. The summed E-state index contributed by atoms with van der Waals surface area (Å²) in [4.78, 5) is 31.6. The Hall–Kier alpha value is -1.73. The molecule has 3 rings (SSSR count). The third kappa shape index (κ3) is 3.77. The molecule has 1 saturated heterocycles. The van der Waals surface area contributed by atoms with Gasteiger partial charge >= 0.3 is 5.97 Å². The van der Waals surface area contributed by atoms with Crippen molar-refractivity contribution in [1.29, 1.82) is 0 Å². The van der Waals surface area contributed by atoms with Crippen molar-refractivity contribution < 1.29 is 9.53 Å². The number of likely N-dealkylation sites (tertiary alicyclic amines) is 1. The fraction of sp³-hybridized carbons (Fsp3) is 0.500. The number of pyridine rings is 2. The Morgan fingerprint density at radius 1 is 1.44 bits per heavy atom. The average molecular weight is 408 g/mol. The van der Waals surface area contributed by atoms with E-state index in [-0.39, 0.29) is 17.6 Å². The molecule has 7 heteroatoms. The smallest absolute Gasteiger partial charge is 0.343 e. The van der Waals surface area contributed by atoms with Crippen LogP contribution < -0.4 is 5.43 Å². The van der Waals surface area contributed by atoms with E-state index in [1.54, 1.807) is 25.4 Å². The van der Waals surface area contributed by atoms with Crippen LogP contribution in [0.5, 0.6) is 0 Å². The monoisotopic (exact) mass is 407 g/mol. The van der Waals surface area contributed by atoms with E-state index in [0.29, 0.717) is 15.9 Å². The minimum absolute atomic E-state index is 0.0813. The third-order valence-electron chi connectivity index (χ3n) is 4.70. The largest absolute Gasteiger partial charge is 0.462 e. The van der Waals surface area contributed by atoms with Crippen LogP contribution in [0.4, 0.5) is 0 Å². The van der Waals surface area contributed by atoms with Crippen LogP contribution in [-0.2, 0) is 11.3 Å². The maximum atomic E-state index is 12.7. The summed E-state index contributed by atoms with van der Waals surface area (Å²) in [6, 6.07) is 1.67. The zero-order chi connectivity index (χ0) is 18.0. The van der Waals surface area contributed by atoms with Gasteiger partial charge in [-0.1, -0.05) is 6.92 Å². The second kappa shape index (κ2) is 7.66. The molecule has 0 N–H and O–H groups in total. The zero-order valence-electron chi connectivity index (χ0n) is 14.5. The molecule has 1 aliphatic rings. The van der Waals surface area contributed by atoms with Crippen molar-refractivity contribution in [1.82, 2.24) is 14.5 Å². The Morgan fingerprint density at radius 3 is 2.92 bits per heavy atom. The summed E-state index contributed by atoms with van der Waals surface area (Å²) >= 11 is 3.31. The summed E-state index contributed by atoms with van der Waals surface area (Å²) in [5, 5.41) is 0.484. The number of halogens is 1. The predicted molar refractivity (Wildman–Crippen MR) is 99.9 cm³/mol. The highest BCUT2D eigenvalue weighted by Gasteiger charge is 2.23. The van der Waals surface area contributed by atoms with E-state index in [4.69, 9.17) is 4.74 Å². The van der Waals surface area contributed by atoms with Gasteiger partial charge in [-0.2, -0.15) is 0 Å². The molecule has 0 aliphatic carbocycles. The molecule has 1 atom stereocenters. The van der Waals surface area contributed by atoms with Gasteiger partial charge in [-0.3, -0.25) is 4.79 Å². The lowest BCUT2D eigenvalue weighted by Crippen LogP contribution is -2.24. The summed E-state index contributed by atoms with van der Waals surface area (Å²) in [7, 11) is 0. The number of aromatic nitrogens is 2. The molecule has 0 unspecified atom stereocenters. The second-order valence-corrected chi connectivity index (χ2v) is 7.13. The summed E-state index contributed by atoms with van der Waals surface area (Å²) in [6.45, 7) is 8.06. The highest BCUT2D eigenvalue weighted by atomic mass is 79.9. The molecule has 1 aliphatic heterocycles. The fourth-order valence-corrected chi connectivity index (χ4v) is 3.73. The summed E-state index contributed by atoms with van der Waals surface area (Å²) in [6.07, 6.45) is 4.43. The van der Waals surface area contributed by atoms with Crippen LogP contribution in [0, 0.1) is 5.92 Å². The summed E-state index contributed by atoms with van der Waals surface area (Å²) in [5.41, 5.74) is 0.517. The van der Waals surface area contributed by atoms with Crippen LogP contribution >= 0.6 is 15.9 Å². The minimum Gasteiger partial charge on any atom is -0.462 e. The molecule has 0 saturated carbocycles. The van der Waals surface area contributed by atoms with E-state index < -0.39 is 5.97 Å². The van der Waals surface area contributed by atoms with Crippen molar-refractivity contribution in [2.45, 2.75) is 26.8 Å². The van der Waals surface area contributed by atoms with Gasteiger partial charge < -0.3 is 14.2 Å². The zero-order valence-corrected chi connectivity index (χ0v) is 16.1. The normalized spacial score (nSPS) is 18.0. The highest BCUT2D eigenvalue weighted by molar-refractivity contribution is 9.10. The maximum absolute atomic E-state index is 12.7. The third-order valence-corrected chi connectivity index (χ3v) is 5.13. The van der Waals surface area contributed by atoms with Crippen molar-refractivity contribution in [2.24, 2.45) is 5.92 Å². The number of hydrogen-bond donors (Lipinski definition) is 0. The van der Waals surface area contributed by atoms with Crippen LogP contribution in [-0.4, -0.2) is 46.7 Å². The molecule has 6 nitrogen and oxygen atoms in total. The summed E-state index contributed by atoms with van der Waals surface area (Å²) < 4.78 is 7.61. The Kier molecular flexibility index (Phi) is 5.54. The van der Waals surface area contributed by atoms with Crippen molar-refractivity contribution in [3.05, 3.63) is 38.9 Å². The van der Waals surface area contributed by atoms with Crippen LogP contribution in [0.25, 0.3) is 10.9 Å². The van der Waals surface area contributed by atoms with Crippen molar-refractivity contribution in [2.75, 3.05) is 26.2 Å². The lowest BCUT2D eigenvalue weighted by atomic mass is 10.1. The number of hydrogen-bond acceptors (Lipinski definition) is 5. The topological polar surface area (TPSA) is 64.4 Å². The molecular weight excluding hydrogens is 386 g/mol. The number of esters is 1. The number of fused-ring (bicyclic) bond motifs is 1. The molecule has 134 valence electrons. The molecule has 0 amide bonds. The van der Waals surface area contributed by atoms with Crippen LogP contribution in [0.15, 0.2) is 27.9 Å². The quantitative estimate of drug-likeness (QED) is 0.562. The van der Waals surface area contributed by atoms with Gasteiger partial charge in [-0.15, -0.1) is 0 Å². The summed E-state index contributed by atoms with van der Waals surface area (Å²) in [5.74, 6) is -0.0814. The van der Waals surface area contributed by atoms with Crippen LogP contribution in [0.3, 0.4) is 0 Å². The lowest BCUT2D eigenvalue weighted by molar-refractivity contribution is 0.0524. The number of ether oxygens (including phenoxy) is 1. The Balaban J connectivity index is 2.05. The number of nitrogens with zero attached hydrogens (tertiary/aromatic N) is 3. The fourth-order valence-electron chi connectivity index (χ4n) is 3.40. The van der Waals surface area contributed by atoms with Gasteiger partial charge in [0.25, 0.3) is 0 Å². The van der Waals surface area contributed by atoms with E-state index in [9.17, 15) is 9.59 Å². The highest BCUT2D eigenvalue weighted by Crippen LogP contribution is 2.21. The molecule has 1 fully saturated rings. The predicted octanol–water partition coefficient (Wildman–Crippen LogP) is 2.68. The molecule has 2 aromatic heterocycles. The van der Waals surface area contributed by atoms with Gasteiger partial charge in [-0.25, -0.2) is 9.78 Å². The molecule has 25 heavy (non-hydrogen) atoms. The van der Waals surface area contributed by atoms with Crippen molar-refractivity contribution in [3.63, 3.8) is 0 Å². The van der Waals surface area contributed by atoms with E-state index in [2.05, 4.69) is 32.7 Å². The average Bonchev–Trinajstić information content (AvgIpc) is 3.05. The van der Waals surface area contributed by atoms with Crippen LogP contribution in [0.1, 0.15) is 30.6 Å². The molecule has 2 aromatic rings. The molecule has 0 bridgehead atoms. The molecule has 0 aromatic carbocycles. The van der Waals surface area contributed by atoms with Crippen LogP contribution in [0.2, 0.25) is 0 Å². The van der Waals surface area contributed by atoms with E-state index in [1.165, 1.54) is 0 Å².